The van der Waals surface area contributed by atoms with Crippen LogP contribution in [0.1, 0.15) is 16.7 Å². The Morgan fingerprint density at radius 1 is 1.15 bits per heavy atom. The van der Waals surface area contributed by atoms with Crippen molar-refractivity contribution < 1.29 is 4.79 Å². The summed E-state index contributed by atoms with van der Waals surface area (Å²) < 4.78 is 0.838. The molecule has 6 heteroatoms. The van der Waals surface area contributed by atoms with E-state index in [2.05, 4.69) is 33.1 Å². The average molecular weight is 417 g/mol. The summed E-state index contributed by atoms with van der Waals surface area (Å²) in [6.07, 6.45) is 1.80. The minimum Gasteiger partial charge on any atom is -0.293 e. The topological polar surface area (TPSA) is 80.2 Å². The number of fused-ring (bicyclic) bond motifs is 1. The lowest BCUT2D eigenvalue weighted by atomic mass is 9.68. The number of aliphatic imine (C=N–C) groups is 1. The standard InChI is InChI=1S/C21H13BrN4O/c22-16-6-3-5-14(10-16)18-11-19-25-8-9-26(19)20(27)21(18,13-24)17-7-2-1-4-15(17)12-23/h1-7,10-11H,8-9H2/t21-/m0/s1. The first-order chi connectivity index (χ1) is 13.1. The predicted octanol–water partition coefficient (Wildman–Crippen LogP) is 3.42. The molecule has 0 aromatic heterocycles. The Hall–Kier alpha value is -3.22. The van der Waals surface area contributed by atoms with Crippen molar-refractivity contribution in [3.63, 3.8) is 0 Å². The van der Waals surface area contributed by atoms with Crippen molar-refractivity contribution in [3.05, 3.63) is 75.8 Å². The van der Waals surface area contributed by atoms with E-state index >= 15 is 0 Å². The van der Waals surface area contributed by atoms with E-state index in [-0.39, 0.29) is 5.91 Å². The molecular weight excluding hydrogens is 404 g/mol. The Morgan fingerprint density at radius 3 is 2.70 bits per heavy atom. The van der Waals surface area contributed by atoms with Crippen molar-refractivity contribution in [2.24, 2.45) is 4.99 Å². The van der Waals surface area contributed by atoms with Gasteiger partial charge in [0.2, 0.25) is 0 Å². The van der Waals surface area contributed by atoms with Crippen molar-refractivity contribution in [1.29, 1.82) is 10.5 Å². The van der Waals surface area contributed by atoms with Crippen LogP contribution in [-0.2, 0) is 10.2 Å². The second-order valence-corrected chi connectivity index (χ2v) is 7.20. The van der Waals surface area contributed by atoms with Gasteiger partial charge in [-0.1, -0.05) is 46.3 Å². The highest BCUT2D eigenvalue weighted by Gasteiger charge is 2.52. The summed E-state index contributed by atoms with van der Waals surface area (Å²) in [5, 5.41) is 19.9. The van der Waals surface area contributed by atoms with Crippen LogP contribution in [0.15, 0.2) is 64.1 Å². The molecule has 0 aliphatic carbocycles. The van der Waals surface area contributed by atoms with Gasteiger partial charge in [-0.2, -0.15) is 10.5 Å². The smallest absolute Gasteiger partial charge is 0.257 e. The van der Waals surface area contributed by atoms with E-state index in [0.29, 0.717) is 35.6 Å². The molecule has 0 spiro atoms. The van der Waals surface area contributed by atoms with Crippen molar-refractivity contribution >= 4 is 33.2 Å². The van der Waals surface area contributed by atoms with E-state index in [9.17, 15) is 15.3 Å². The maximum atomic E-state index is 13.6. The Morgan fingerprint density at radius 2 is 1.96 bits per heavy atom. The van der Waals surface area contributed by atoms with Gasteiger partial charge in [0.25, 0.3) is 5.91 Å². The van der Waals surface area contributed by atoms with E-state index < -0.39 is 5.41 Å². The zero-order chi connectivity index (χ0) is 19.0. The van der Waals surface area contributed by atoms with Gasteiger partial charge >= 0.3 is 0 Å². The summed E-state index contributed by atoms with van der Waals surface area (Å²) in [7, 11) is 0. The molecule has 2 aliphatic heterocycles. The SMILES string of the molecule is N#Cc1ccccc1[C@]1(C#N)C(=O)N2CCN=C2C=C1c1cccc(Br)c1. The third-order valence-corrected chi connectivity index (χ3v) is 5.37. The van der Waals surface area contributed by atoms with Crippen LogP contribution in [0.25, 0.3) is 5.57 Å². The van der Waals surface area contributed by atoms with Crippen molar-refractivity contribution in [3.8, 4) is 12.1 Å². The molecule has 0 radical (unpaired) electrons. The first kappa shape index (κ1) is 17.2. The molecule has 2 aromatic rings. The van der Waals surface area contributed by atoms with Crippen LogP contribution in [-0.4, -0.2) is 29.7 Å². The van der Waals surface area contributed by atoms with Gasteiger partial charge < -0.3 is 0 Å². The maximum absolute atomic E-state index is 13.6. The van der Waals surface area contributed by atoms with E-state index in [0.717, 1.165) is 10.0 Å². The number of amides is 1. The van der Waals surface area contributed by atoms with E-state index in [4.69, 9.17) is 0 Å². The second-order valence-electron chi connectivity index (χ2n) is 6.28. The number of carbonyl (C=O) groups is 1. The van der Waals surface area contributed by atoms with Gasteiger partial charge in [0.1, 0.15) is 5.84 Å². The molecule has 0 unspecified atom stereocenters. The first-order valence-electron chi connectivity index (χ1n) is 8.37. The van der Waals surface area contributed by atoms with Crippen LogP contribution in [0, 0.1) is 22.7 Å². The van der Waals surface area contributed by atoms with Gasteiger partial charge in [-0.15, -0.1) is 0 Å². The molecule has 4 rings (SSSR count). The van der Waals surface area contributed by atoms with Crippen molar-refractivity contribution in [2.45, 2.75) is 5.41 Å². The summed E-state index contributed by atoms with van der Waals surface area (Å²) >= 11 is 3.46. The summed E-state index contributed by atoms with van der Waals surface area (Å²) in [6, 6.07) is 18.6. The molecule has 5 nitrogen and oxygen atoms in total. The molecule has 130 valence electrons. The highest BCUT2D eigenvalue weighted by Crippen LogP contribution is 2.44. The van der Waals surface area contributed by atoms with Crippen molar-refractivity contribution in [2.75, 3.05) is 13.1 Å². The molecule has 1 atom stereocenters. The fraction of sp³-hybridized carbons (Fsp3) is 0.143. The number of nitriles is 2. The van der Waals surface area contributed by atoms with Crippen LogP contribution in [0.5, 0.6) is 0 Å². The van der Waals surface area contributed by atoms with E-state index in [1.807, 2.05) is 24.3 Å². The van der Waals surface area contributed by atoms with E-state index in [1.54, 1.807) is 35.2 Å². The number of rotatable bonds is 2. The molecule has 1 amide bonds. The molecule has 0 N–H and O–H groups in total. The van der Waals surface area contributed by atoms with Crippen LogP contribution in [0.4, 0.5) is 0 Å². The quantitative estimate of drug-likeness (QED) is 0.751. The fourth-order valence-electron chi connectivity index (χ4n) is 3.64. The molecule has 27 heavy (non-hydrogen) atoms. The highest BCUT2D eigenvalue weighted by atomic mass is 79.9. The molecule has 2 aliphatic rings. The van der Waals surface area contributed by atoms with Gasteiger partial charge in [-0.3, -0.25) is 14.7 Å². The fourth-order valence-corrected chi connectivity index (χ4v) is 4.04. The maximum Gasteiger partial charge on any atom is 0.257 e. The number of hydrogen-bond acceptors (Lipinski definition) is 4. The summed E-state index contributed by atoms with van der Waals surface area (Å²) in [5.74, 6) is 0.205. The lowest BCUT2D eigenvalue weighted by molar-refractivity contribution is -0.129. The van der Waals surface area contributed by atoms with Crippen LogP contribution in [0.2, 0.25) is 0 Å². The van der Waals surface area contributed by atoms with E-state index in [1.165, 1.54) is 0 Å². The molecule has 0 saturated heterocycles. The Balaban J connectivity index is 2.07. The normalized spacial score (nSPS) is 21.0. The summed E-state index contributed by atoms with van der Waals surface area (Å²) in [4.78, 5) is 19.5. The van der Waals surface area contributed by atoms with Gasteiger partial charge in [0.05, 0.1) is 24.2 Å². The molecule has 2 heterocycles. The minimum atomic E-state index is -1.60. The van der Waals surface area contributed by atoms with Gasteiger partial charge in [0, 0.05) is 16.6 Å². The molecule has 0 saturated carbocycles. The van der Waals surface area contributed by atoms with Gasteiger partial charge in [0.15, 0.2) is 5.41 Å². The Bertz CT molecular complexity index is 1110. The predicted molar refractivity (Wildman–Crippen MR) is 105 cm³/mol. The van der Waals surface area contributed by atoms with Crippen molar-refractivity contribution in [1.82, 2.24) is 4.90 Å². The largest absolute Gasteiger partial charge is 0.293 e. The number of carbonyl (C=O) groups excluding carboxylic acids is 1. The molecule has 2 aromatic carbocycles. The zero-order valence-corrected chi connectivity index (χ0v) is 15.8. The van der Waals surface area contributed by atoms with Crippen LogP contribution < -0.4 is 0 Å². The summed E-state index contributed by atoms with van der Waals surface area (Å²) in [5.41, 5.74) is 0.387. The Kier molecular flexibility index (Phi) is 4.14. The third kappa shape index (κ3) is 2.50. The number of halogens is 1. The molecule has 0 bridgehead atoms. The number of benzene rings is 2. The first-order valence-corrected chi connectivity index (χ1v) is 9.16. The van der Waals surface area contributed by atoms with Crippen LogP contribution in [0.3, 0.4) is 0 Å². The summed E-state index contributed by atoms with van der Waals surface area (Å²) in [6.45, 7) is 0.944. The van der Waals surface area contributed by atoms with Gasteiger partial charge in [-0.25, -0.2) is 0 Å². The lowest BCUT2D eigenvalue weighted by Crippen LogP contribution is -2.51. The zero-order valence-electron chi connectivity index (χ0n) is 14.2. The molecular formula is C21H13BrN4O. The Labute approximate surface area is 165 Å². The number of nitrogens with zero attached hydrogens (tertiary/aromatic N) is 4. The molecule has 0 fully saturated rings. The monoisotopic (exact) mass is 416 g/mol. The average Bonchev–Trinajstić information content (AvgIpc) is 3.17. The van der Waals surface area contributed by atoms with Gasteiger partial charge in [-0.05, 0) is 35.4 Å². The minimum absolute atomic E-state index is 0.313. The second kappa shape index (κ2) is 6.50. The lowest BCUT2D eigenvalue weighted by Gasteiger charge is -2.37. The number of amidine groups is 1. The highest BCUT2D eigenvalue weighted by molar-refractivity contribution is 9.10. The third-order valence-electron chi connectivity index (χ3n) is 4.87. The number of hydrogen-bond donors (Lipinski definition) is 0. The van der Waals surface area contributed by atoms with Crippen LogP contribution >= 0.6 is 15.9 Å².